The molecule has 0 atom stereocenters. The Bertz CT molecular complexity index is 279. The summed E-state index contributed by atoms with van der Waals surface area (Å²) in [5, 5.41) is 1.91. The van der Waals surface area contributed by atoms with Gasteiger partial charge in [0.25, 0.3) is 0 Å². The molecule has 0 radical (unpaired) electrons. The smallest absolute Gasteiger partial charge is 0.120 e. The van der Waals surface area contributed by atoms with Gasteiger partial charge in [-0.1, -0.05) is 22.0 Å². The van der Waals surface area contributed by atoms with E-state index in [0.717, 1.165) is 16.8 Å². The van der Waals surface area contributed by atoms with E-state index in [0.29, 0.717) is 6.61 Å². The fourth-order valence-electron chi connectivity index (χ4n) is 0.995. The van der Waals surface area contributed by atoms with Crippen molar-refractivity contribution in [1.82, 2.24) is 10.4 Å². The lowest BCUT2D eigenvalue weighted by molar-refractivity contribution is 0.238. The molecule has 0 saturated heterocycles. The van der Waals surface area contributed by atoms with Crippen LogP contribution in [0, 0.1) is 0 Å². The number of hydrogen-bond acceptors (Lipinski definition) is 3. The van der Waals surface area contributed by atoms with E-state index >= 15 is 0 Å². The summed E-state index contributed by atoms with van der Waals surface area (Å²) in [4.78, 5) is 0. The van der Waals surface area contributed by atoms with Crippen LogP contribution in [0.4, 0.5) is 0 Å². The minimum Gasteiger partial charge on any atom is -0.492 e. The van der Waals surface area contributed by atoms with E-state index in [1.54, 1.807) is 0 Å². The zero-order valence-electron chi connectivity index (χ0n) is 8.46. The first-order chi connectivity index (χ1) is 6.68. The van der Waals surface area contributed by atoms with Gasteiger partial charge in [-0.2, -0.15) is 0 Å². The molecule has 0 aromatic heterocycles. The second-order valence-electron chi connectivity index (χ2n) is 3.11. The van der Waals surface area contributed by atoms with Crippen LogP contribution in [0.15, 0.2) is 28.7 Å². The summed E-state index contributed by atoms with van der Waals surface area (Å²) in [6.45, 7) is 1.47. The Morgan fingerprint density at radius 1 is 1.43 bits per heavy atom. The molecule has 0 saturated carbocycles. The van der Waals surface area contributed by atoms with E-state index in [1.165, 1.54) is 0 Å². The van der Waals surface area contributed by atoms with Crippen molar-refractivity contribution in [1.29, 1.82) is 0 Å². The first kappa shape index (κ1) is 11.5. The minimum atomic E-state index is 0.661. The molecule has 0 aliphatic carbocycles. The standard InChI is InChI=1S/C10H15BrN2O/c1-13(2)12-6-7-14-10-5-3-4-9(11)8-10/h3-5,8,12H,6-7H2,1-2H3. The van der Waals surface area contributed by atoms with Gasteiger partial charge in [-0.15, -0.1) is 0 Å². The van der Waals surface area contributed by atoms with Crippen molar-refractivity contribution in [2.24, 2.45) is 0 Å². The first-order valence-corrected chi connectivity index (χ1v) is 5.27. The average Bonchev–Trinajstić information content (AvgIpc) is 2.12. The van der Waals surface area contributed by atoms with Gasteiger partial charge >= 0.3 is 0 Å². The predicted octanol–water partition coefficient (Wildman–Crippen LogP) is 1.89. The SMILES string of the molecule is CN(C)NCCOc1cccc(Br)c1. The molecule has 0 aliphatic rings. The van der Waals surface area contributed by atoms with E-state index in [4.69, 9.17) is 4.74 Å². The molecule has 1 N–H and O–H groups in total. The quantitative estimate of drug-likeness (QED) is 0.645. The molecule has 1 aromatic rings. The molecule has 1 rings (SSSR count). The molecule has 0 bridgehead atoms. The van der Waals surface area contributed by atoms with E-state index < -0.39 is 0 Å². The van der Waals surface area contributed by atoms with Crippen LogP contribution >= 0.6 is 15.9 Å². The zero-order valence-corrected chi connectivity index (χ0v) is 10.0. The highest BCUT2D eigenvalue weighted by atomic mass is 79.9. The molecule has 0 fully saturated rings. The third-order valence-electron chi connectivity index (χ3n) is 1.59. The number of nitrogens with zero attached hydrogens (tertiary/aromatic N) is 1. The molecule has 0 aliphatic heterocycles. The molecule has 0 spiro atoms. The van der Waals surface area contributed by atoms with Gasteiger partial charge in [-0.05, 0) is 18.2 Å². The van der Waals surface area contributed by atoms with Gasteiger partial charge in [0.1, 0.15) is 12.4 Å². The van der Waals surface area contributed by atoms with Crippen LogP contribution in [0.5, 0.6) is 5.75 Å². The largest absolute Gasteiger partial charge is 0.492 e. The molecule has 4 heteroatoms. The molecule has 0 unspecified atom stereocenters. The fourth-order valence-corrected chi connectivity index (χ4v) is 1.37. The second-order valence-corrected chi connectivity index (χ2v) is 4.02. The van der Waals surface area contributed by atoms with E-state index in [1.807, 2.05) is 43.4 Å². The third kappa shape index (κ3) is 4.60. The predicted molar refractivity (Wildman–Crippen MR) is 61.3 cm³/mol. The molecular formula is C10H15BrN2O. The van der Waals surface area contributed by atoms with Crippen LogP contribution in [0.3, 0.4) is 0 Å². The van der Waals surface area contributed by atoms with Crippen LogP contribution in [-0.4, -0.2) is 32.3 Å². The lowest BCUT2D eigenvalue weighted by atomic mass is 10.3. The Morgan fingerprint density at radius 3 is 2.86 bits per heavy atom. The number of rotatable bonds is 5. The summed E-state index contributed by atoms with van der Waals surface area (Å²) in [6, 6.07) is 7.83. The van der Waals surface area contributed by atoms with Crippen LogP contribution in [-0.2, 0) is 0 Å². The molecular weight excluding hydrogens is 244 g/mol. The minimum absolute atomic E-state index is 0.661. The van der Waals surface area contributed by atoms with Gasteiger partial charge in [0.2, 0.25) is 0 Å². The van der Waals surface area contributed by atoms with Crippen LogP contribution < -0.4 is 10.2 Å². The normalized spacial score (nSPS) is 10.6. The van der Waals surface area contributed by atoms with Crippen molar-refractivity contribution in [2.75, 3.05) is 27.2 Å². The fraction of sp³-hybridized carbons (Fsp3) is 0.400. The maximum Gasteiger partial charge on any atom is 0.120 e. The average molecular weight is 259 g/mol. The van der Waals surface area contributed by atoms with Crippen molar-refractivity contribution in [3.63, 3.8) is 0 Å². The highest BCUT2D eigenvalue weighted by Crippen LogP contribution is 2.17. The molecule has 0 heterocycles. The van der Waals surface area contributed by atoms with Crippen LogP contribution in [0.2, 0.25) is 0 Å². The number of hydrogen-bond donors (Lipinski definition) is 1. The highest BCUT2D eigenvalue weighted by molar-refractivity contribution is 9.10. The number of halogens is 1. The Kier molecular flexibility index (Phi) is 4.93. The number of hydrazine groups is 1. The van der Waals surface area contributed by atoms with Crippen LogP contribution in [0.25, 0.3) is 0 Å². The van der Waals surface area contributed by atoms with E-state index in [2.05, 4.69) is 21.4 Å². The molecule has 14 heavy (non-hydrogen) atoms. The lowest BCUT2D eigenvalue weighted by Crippen LogP contribution is -2.33. The Balaban J connectivity index is 2.25. The molecule has 0 amide bonds. The van der Waals surface area contributed by atoms with E-state index in [9.17, 15) is 0 Å². The summed E-state index contributed by atoms with van der Waals surface area (Å²) >= 11 is 3.39. The van der Waals surface area contributed by atoms with Crippen molar-refractivity contribution in [3.8, 4) is 5.75 Å². The maximum absolute atomic E-state index is 5.52. The van der Waals surface area contributed by atoms with Gasteiger partial charge in [0, 0.05) is 25.1 Å². The summed E-state index contributed by atoms with van der Waals surface area (Å²) < 4.78 is 6.56. The van der Waals surface area contributed by atoms with Crippen molar-refractivity contribution in [2.45, 2.75) is 0 Å². The van der Waals surface area contributed by atoms with Gasteiger partial charge in [-0.3, -0.25) is 10.4 Å². The third-order valence-corrected chi connectivity index (χ3v) is 2.09. The summed E-state index contributed by atoms with van der Waals surface area (Å²) in [5.74, 6) is 0.889. The van der Waals surface area contributed by atoms with Crippen molar-refractivity contribution >= 4 is 15.9 Å². The Labute approximate surface area is 93.2 Å². The lowest BCUT2D eigenvalue weighted by Gasteiger charge is -2.12. The number of ether oxygens (including phenoxy) is 1. The highest BCUT2D eigenvalue weighted by Gasteiger charge is 1.94. The number of nitrogens with one attached hydrogen (secondary N) is 1. The zero-order chi connectivity index (χ0) is 10.4. The molecule has 78 valence electrons. The molecule has 1 aromatic carbocycles. The number of benzene rings is 1. The second kappa shape index (κ2) is 6.01. The first-order valence-electron chi connectivity index (χ1n) is 4.47. The van der Waals surface area contributed by atoms with Gasteiger partial charge in [-0.25, -0.2) is 0 Å². The van der Waals surface area contributed by atoms with Crippen molar-refractivity contribution < 1.29 is 4.74 Å². The topological polar surface area (TPSA) is 24.5 Å². The van der Waals surface area contributed by atoms with E-state index in [-0.39, 0.29) is 0 Å². The Hall–Kier alpha value is -0.580. The molecule has 3 nitrogen and oxygen atoms in total. The maximum atomic E-state index is 5.52. The summed E-state index contributed by atoms with van der Waals surface area (Å²) in [7, 11) is 3.91. The van der Waals surface area contributed by atoms with Crippen molar-refractivity contribution in [3.05, 3.63) is 28.7 Å². The Morgan fingerprint density at radius 2 is 2.21 bits per heavy atom. The van der Waals surface area contributed by atoms with Gasteiger partial charge in [0.05, 0.1) is 0 Å². The monoisotopic (exact) mass is 258 g/mol. The van der Waals surface area contributed by atoms with Gasteiger partial charge in [0.15, 0.2) is 0 Å². The summed E-state index contributed by atoms with van der Waals surface area (Å²) in [6.07, 6.45) is 0. The summed E-state index contributed by atoms with van der Waals surface area (Å²) in [5.41, 5.74) is 3.13. The van der Waals surface area contributed by atoms with Crippen LogP contribution in [0.1, 0.15) is 0 Å². The van der Waals surface area contributed by atoms with Gasteiger partial charge < -0.3 is 4.74 Å².